The molecule has 2 aromatic carbocycles. The number of hydrogen-bond donors (Lipinski definition) is 2. The van der Waals surface area contributed by atoms with Crippen LogP contribution in [0.5, 0.6) is 17.2 Å². The fraction of sp³-hybridized carbons (Fsp3) is 0.500. The summed E-state index contributed by atoms with van der Waals surface area (Å²) < 4.78 is 77.4. The van der Waals surface area contributed by atoms with Gasteiger partial charge in [0.15, 0.2) is 14.6 Å². The Balaban J connectivity index is 0.00000308. The van der Waals surface area contributed by atoms with E-state index in [1.54, 1.807) is 5.48 Å². The summed E-state index contributed by atoms with van der Waals surface area (Å²) >= 11 is 0. The van der Waals surface area contributed by atoms with Gasteiger partial charge in [0, 0.05) is 26.2 Å². The summed E-state index contributed by atoms with van der Waals surface area (Å²) in [5.74, 6) is -0.930. The maximum absolute atomic E-state index is 13.7. The van der Waals surface area contributed by atoms with Gasteiger partial charge in [-0.05, 0) is 80.9 Å². The minimum Gasteiger partial charge on any atom is -0.457 e. The van der Waals surface area contributed by atoms with Crippen LogP contribution in [0, 0.1) is 0 Å². The van der Waals surface area contributed by atoms with E-state index in [4.69, 9.17) is 9.47 Å². The minimum absolute atomic E-state index is 0. The molecular formula is C26H34Cl2F3N3O7S. The molecule has 2 heterocycles. The van der Waals surface area contributed by atoms with E-state index in [1.165, 1.54) is 36.4 Å². The second-order valence-electron chi connectivity index (χ2n) is 9.68. The molecule has 42 heavy (non-hydrogen) atoms. The van der Waals surface area contributed by atoms with Gasteiger partial charge >= 0.3 is 6.36 Å². The number of benzene rings is 2. The number of carbonyl (C=O) groups is 1. The molecular weight excluding hydrogens is 626 g/mol. The third kappa shape index (κ3) is 8.85. The van der Waals surface area contributed by atoms with Gasteiger partial charge < -0.3 is 19.1 Å². The molecule has 0 bridgehead atoms. The molecule has 0 unspecified atom stereocenters. The number of carbonyl (C=O) groups excluding carboxylic acids is 1. The van der Waals surface area contributed by atoms with Crippen LogP contribution in [-0.4, -0.2) is 92.9 Å². The molecule has 0 spiro atoms. The molecule has 1 amide bonds. The molecule has 2 aromatic rings. The standard InChI is InChI=1S/C26H32F3N3O7S.2ClH/c27-26(28,29)39-22-4-2-20(3-5-22)38-21-6-8-23(9-7-21)40(35,36)25(24(33)30-34)10-14-31(15-11-25)12-1-13-32-16-18-37-19-17-32;;/h2-9,34H,1,10-19H2,(H,30,33);2*1H. The molecule has 0 aliphatic carbocycles. The number of nitrogens with zero attached hydrogens (tertiary/aromatic N) is 2. The Hall–Kier alpha value is -2.33. The van der Waals surface area contributed by atoms with Crippen LogP contribution in [0.2, 0.25) is 0 Å². The zero-order chi connectivity index (χ0) is 28.8. The van der Waals surface area contributed by atoms with Gasteiger partial charge in [0.1, 0.15) is 17.2 Å². The maximum atomic E-state index is 13.7. The van der Waals surface area contributed by atoms with Crippen LogP contribution < -0.4 is 15.0 Å². The minimum atomic E-state index is -4.81. The van der Waals surface area contributed by atoms with Crippen LogP contribution in [0.3, 0.4) is 0 Å². The number of ether oxygens (including phenoxy) is 3. The van der Waals surface area contributed by atoms with Crippen molar-refractivity contribution in [2.75, 3.05) is 52.5 Å². The smallest absolute Gasteiger partial charge is 0.457 e. The van der Waals surface area contributed by atoms with Crippen molar-refractivity contribution in [1.29, 1.82) is 0 Å². The molecule has 0 atom stereocenters. The van der Waals surface area contributed by atoms with Gasteiger partial charge in [-0.1, -0.05) is 0 Å². The first-order chi connectivity index (χ1) is 19.0. The Morgan fingerprint density at radius 2 is 1.36 bits per heavy atom. The van der Waals surface area contributed by atoms with Crippen LogP contribution in [-0.2, 0) is 19.4 Å². The molecule has 2 aliphatic heterocycles. The monoisotopic (exact) mass is 659 g/mol. The first-order valence-corrected chi connectivity index (χ1v) is 14.4. The van der Waals surface area contributed by atoms with Crippen LogP contribution in [0.15, 0.2) is 53.4 Å². The van der Waals surface area contributed by atoms with Crippen molar-refractivity contribution in [3.8, 4) is 17.2 Å². The summed E-state index contributed by atoms with van der Waals surface area (Å²) in [7, 11) is -4.21. The predicted octanol–water partition coefficient (Wildman–Crippen LogP) is 4.06. The lowest BCUT2D eigenvalue weighted by Crippen LogP contribution is -2.57. The van der Waals surface area contributed by atoms with E-state index in [0.29, 0.717) is 13.1 Å². The molecule has 16 heteroatoms. The first kappa shape index (κ1) is 35.9. The van der Waals surface area contributed by atoms with Crippen molar-refractivity contribution >= 4 is 40.6 Å². The van der Waals surface area contributed by atoms with Crippen molar-refractivity contribution in [3.05, 3.63) is 48.5 Å². The molecule has 2 fully saturated rings. The highest BCUT2D eigenvalue weighted by atomic mass is 35.5. The van der Waals surface area contributed by atoms with Crippen LogP contribution in [0.4, 0.5) is 13.2 Å². The SMILES string of the molecule is Cl.Cl.O=C(NO)C1(S(=O)(=O)c2ccc(Oc3ccc(OC(F)(F)F)cc3)cc2)CCN(CCCN2CCOCC2)CC1. The number of alkyl halides is 3. The average molecular weight is 661 g/mol. The third-order valence-corrected chi connectivity index (χ3v) is 9.69. The number of piperidine rings is 1. The molecule has 236 valence electrons. The van der Waals surface area contributed by atoms with E-state index >= 15 is 0 Å². The third-order valence-electron chi connectivity index (χ3n) is 7.17. The van der Waals surface area contributed by atoms with E-state index in [0.717, 1.165) is 57.9 Å². The summed E-state index contributed by atoms with van der Waals surface area (Å²) in [5.41, 5.74) is 1.55. The summed E-state index contributed by atoms with van der Waals surface area (Å²) in [6, 6.07) is 10.1. The molecule has 0 aromatic heterocycles. The lowest BCUT2D eigenvalue weighted by atomic mass is 9.94. The fourth-order valence-electron chi connectivity index (χ4n) is 4.96. The lowest BCUT2D eigenvalue weighted by molar-refractivity contribution is -0.274. The Morgan fingerprint density at radius 3 is 1.86 bits per heavy atom. The Bertz CT molecular complexity index is 1240. The van der Waals surface area contributed by atoms with E-state index < -0.39 is 32.6 Å². The fourth-order valence-corrected chi connectivity index (χ4v) is 6.91. The summed E-state index contributed by atoms with van der Waals surface area (Å²) in [6.07, 6.45) is -3.87. The van der Waals surface area contributed by atoms with E-state index in [9.17, 15) is 31.6 Å². The van der Waals surface area contributed by atoms with Gasteiger partial charge in [0.05, 0.1) is 18.1 Å². The van der Waals surface area contributed by atoms with Crippen molar-refractivity contribution in [1.82, 2.24) is 15.3 Å². The molecule has 2 saturated heterocycles. The van der Waals surface area contributed by atoms with Gasteiger partial charge in [-0.2, -0.15) is 0 Å². The molecule has 2 N–H and O–H groups in total. The van der Waals surface area contributed by atoms with Crippen molar-refractivity contribution in [2.45, 2.75) is 35.3 Å². The zero-order valence-electron chi connectivity index (χ0n) is 22.5. The number of sulfone groups is 1. The van der Waals surface area contributed by atoms with Gasteiger partial charge in [0.2, 0.25) is 0 Å². The number of rotatable bonds is 10. The maximum Gasteiger partial charge on any atom is 0.573 e. The molecule has 0 saturated carbocycles. The Morgan fingerprint density at radius 1 is 0.881 bits per heavy atom. The van der Waals surface area contributed by atoms with Gasteiger partial charge in [0.25, 0.3) is 5.91 Å². The molecule has 4 rings (SSSR count). The number of hydroxylamine groups is 1. The molecule has 0 radical (unpaired) electrons. The van der Waals surface area contributed by atoms with Crippen molar-refractivity contribution in [2.24, 2.45) is 0 Å². The van der Waals surface area contributed by atoms with E-state index in [2.05, 4.69) is 14.5 Å². The second-order valence-corrected chi connectivity index (χ2v) is 11.9. The highest BCUT2D eigenvalue weighted by molar-refractivity contribution is 7.93. The van der Waals surface area contributed by atoms with Gasteiger partial charge in [-0.25, -0.2) is 13.9 Å². The normalized spacial score (nSPS) is 17.8. The van der Waals surface area contributed by atoms with Crippen LogP contribution in [0.1, 0.15) is 19.3 Å². The van der Waals surface area contributed by atoms with Crippen LogP contribution in [0.25, 0.3) is 0 Å². The van der Waals surface area contributed by atoms with Crippen LogP contribution >= 0.6 is 24.8 Å². The Labute approximate surface area is 254 Å². The first-order valence-electron chi connectivity index (χ1n) is 12.9. The molecule has 10 nitrogen and oxygen atoms in total. The summed E-state index contributed by atoms with van der Waals surface area (Å²) in [6.45, 7) is 5.68. The highest BCUT2D eigenvalue weighted by Gasteiger charge is 2.52. The number of hydrogen-bond acceptors (Lipinski definition) is 9. The summed E-state index contributed by atoms with van der Waals surface area (Å²) in [5, 5.41) is 9.42. The van der Waals surface area contributed by atoms with E-state index in [1.807, 2.05) is 0 Å². The van der Waals surface area contributed by atoms with Crippen molar-refractivity contribution in [3.63, 3.8) is 0 Å². The molecule has 2 aliphatic rings. The average Bonchev–Trinajstić information content (AvgIpc) is 2.94. The number of amides is 1. The summed E-state index contributed by atoms with van der Waals surface area (Å²) in [4.78, 5) is 17.1. The predicted molar refractivity (Wildman–Crippen MR) is 152 cm³/mol. The topological polar surface area (TPSA) is 118 Å². The number of morpholine rings is 1. The van der Waals surface area contributed by atoms with Crippen molar-refractivity contribution < 1.29 is 45.8 Å². The van der Waals surface area contributed by atoms with E-state index in [-0.39, 0.29) is 54.1 Å². The van der Waals surface area contributed by atoms with Gasteiger partial charge in [-0.3, -0.25) is 14.9 Å². The number of nitrogens with one attached hydrogen (secondary N) is 1. The number of likely N-dealkylation sites (tertiary alicyclic amines) is 1. The highest BCUT2D eigenvalue weighted by Crippen LogP contribution is 2.37. The Kier molecular flexibility index (Phi) is 13.2. The number of halogens is 5. The van der Waals surface area contributed by atoms with Gasteiger partial charge in [-0.15, -0.1) is 38.0 Å². The largest absolute Gasteiger partial charge is 0.573 e. The lowest BCUT2D eigenvalue weighted by Gasteiger charge is -2.39. The zero-order valence-corrected chi connectivity index (χ0v) is 25.0. The quantitative estimate of drug-likeness (QED) is 0.288. The second kappa shape index (κ2) is 15.4.